The van der Waals surface area contributed by atoms with E-state index in [-0.39, 0.29) is 28.2 Å². The third-order valence-corrected chi connectivity index (χ3v) is 11.5. The second-order valence-corrected chi connectivity index (χ2v) is 14.6. The lowest BCUT2D eigenvalue weighted by molar-refractivity contribution is -0.143. The summed E-state index contributed by atoms with van der Waals surface area (Å²) < 4.78 is 49.2. The number of hydrogen-bond donors (Lipinski definition) is 2. The highest BCUT2D eigenvalue weighted by Crippen LogP contribution is 2.38. The van der Waals surface area contributed by atoms with Crippen molar-refractivity contribution < 1.29 is 27.5 Å². The molecule has 0 saturated carbocycles. The van der Waals surface area contributed by atoms with E-state index >= 15 is 0 Å². The lowest BCUT2D eigenvalue weighted by atomic mass is 9.83. The van der Waals surface area contributed by atoms with Crippen molar-refractivity contribution in [2.75, 3.05) is 64.6 Å². The van der Waals surface area contributed by atoms with E-state index in [1.807, 2.05) is 24.3 Å². The Labute approximate surface area is 290 Å². The number of rotatable bonds is 6. The fourth-order valence-electron chi connectivity index (χ4n) is 8.18. The highest BCUT2D eigenvalue weighted by atomic mass is 79.9. The number of halogens is 4. The van der Waals surface area contributed by atoms with Crippen molar-refractivity contribution in [1.82, 2.24) is 29.2 Å². The summed E-state index contributed by atoms with van der Waals surface area (Å²) in [7, 11) is 0. The number of aromatic nitrogens is 2. The maximum Gasteiger partial charge on any atom is 0.418 e. The van der Waals surface area contributed by atoms with Gasteiger partial charge in [0.1, 0.15) is 0 Å². The molecule has 5 aliphatic rings. The van der Waals surface area contributed by atoms with Crippen molar-refractivity contribution in [2.45, 2.75) is 56.5 Å². The summed E-state index contributed by atoms with van der Waals surface area (Å²) in [6.07, 6.45) is -3.62. The zero-order chi connectivity index (χ0) is 34.4. The van der Waals surface area contributed by atoms with E-state index in [4.69, 9.17) is 10.5 Å². The van der Waals surface area contributed by atoms with Crippen LogP contribution in [-0.4, -0.2) is 112 Å². The highest BCUT2D eigenvalue weighted by Gasteiger charge is 2.41. The molecule has 0 spiro atoms. The predicted octanol–water partition coefficient (Wildman–Crippen LogP) is 4.32. The molecule has 1 aromatic heterocycles. The van der Waals surface area contributed by atoms with Crippen molar-refractivity contribution in [3.05, 3.63) is 62.5 Å². The van der Waals surface area contributed by atoms with Gasteiger partial charge in [-0.3, -0.25) is 14.3 Å². The van der Waals surface area contributed by atoms with Gasteiger partial charge in [-0.2, -0.15) is 13.2 Å². The van der Waals surface area contributed by atoms with Crippen LogP contribution >= 0.6 is 15.9 Å². The number of nitrogen functional groups attached to an aromatic ring is 1. The molecule has 1 unspecified atom stereocenters. The standard InChI is InChI=1S/C34H41BrF3N7O4/c35-25-18-21(17-24(30(25)39)34(36,37)38)19-29(31(46)43-15-13-42(14-16-43)28-20-41-9-5-22(28)6-10-41)49-33(48)44-11-7-23(8-12-44)45-27-4-2-1-3-26(27)40-32(45)47/h1-4,17-18,22-23,28-29H,5-16,19-20,39H2,(H,40,47)/t28?,29-/m1/s1. The van der Waals surface area contributed by atoms with Crippen LogP contribution in [0.4, 0.5) is 23.7 Å². The number of likely N-dealkylation sites (tertiary alicyclic amines) is 1. The number of ether oxygens (including phenoxy) is 1. The maximum atomic E-state index is 14.0. The fourth-order valence-corrected chi connectivity index (χ4v) is 8.69. The number of alkyl halides is 3. The van der Waals surface area contributed by atoms with Gasteiger partial charge in [-0.1, -0.05) is 12.1 Å². The minimum atomic E-state index is -4.71. The molecule has 0 radical (unpaired) electrons. The number of H-pyrrole nitrogens is 1. The smallest absolute Gasteiger partial charge is 0.418 e. The number of piperazine rings is 1. The van der Waals surface area contributed by atoms with Crippen LogP contribution in [0.25, 0.3) is 11.0 Å². The number of benzene rings is 2. The molecule has 2 aromatic carbocycles. The van der Waals surface area contributed by atoms with Crippen LogP contribution in [0, 0.1) is 5.92 Å². The van der Waals surface area contributed by atoms with Crippen LogP contribution in [0.1, 0.15) is 42.9 Å². The Balaban J connectivity index is 1.05. The molecule has 5 fully saturated rings. The van der Waals surface area contributed by atoms with Gasteiger partial charge in [-0.15, -0.1) is 0 Å². The van der Waals surface area contributed by atoms with Crippen LogP contribution in [0.2, 0.25) is 0 Å². The first kappa shape index (κ1) is 33.9. The Bertz CT molecular complexity index is 1760. The second-order valence-electron chi connectivity index (χ2n) is 13.7. The number of para-hydroxylation sites is 2. The van der Waals surface area contributed by atoms with E-state index in [0.717, 1.165) is 36.7 Å². The van der Waals surface area contributed by atoms with Crippen LogP contribution in [0.3, 0.4) is 0 Å². The first-order chi connectivity index (χ1) is 23.5. The number of imidazole rings is 1. The van der Waals surface area contributed by atoms with E-state index < -0.39 is 35.5 Å². The van der Waals surface area contributed by atoms with Gasteiger partial charge in [0.05, 0.1) is 22.3 Å². The molecule has 0 aliphatic carbocycles. The Morgan fingerprint density at radius 1 is 0.959 bits per heavy atom. The van der Waals surface area contributed by atoms with Crippen molar-refractivity contribution in [3.8, 4) is 0 Å². The molecule has 3 aromatic rings. The Kier molecular flexibility index (Phi) is 9.43. The number of amides is 2. The number of piperidine rings is 4. The largest absolute Gasteiger partial charge is 0.436 e. The molecule has 264 valence electrons. The van der Waals surface area contributed by atoms with Gasteiger partial charge in [0.2, 0.25) is 0 Å². The molecule has 49 heavy (non-hydrogen) atoms. The number of nitrogens with one attached hydrogen (secondary N) is 1. The van der Waals surface area contributed by atoms with Gasteiger partial charge in [-0.25, -0.2) is 9.59 Å². The van der Waals surface area contributed by atoms with E-state index in [0.29, 0.717) is 64.1 Å². The second kappa shape index (κ2) is 13.6. The average molecular weight is 749 g/mol. The van der Waals surface area contributed by atoms with Crippen molar-refractivity contribution in [1.29, 1.82) is 0 Å². The molecular weight excluding hydrogens is 707 g/mol. The van der Waals surface area contributed by atoms with Crippen LogP contribution in [0.5, 0.6) is 0 Å². The summed E-state index contributed by atoms with van der Waals surface area (Å²) in [5.74, 6) is 0.232. The van der Waals surface area contributed by atoms with Gasteiger partial charge in [0.15, 0.2) is 6.10 Å². The molecule has 6 heterocycles. The molecule has 8 rings (SSSR count). The molecular formula is C34H41BrF3N7O4. The Hall–Kier alpha value is -3.56. The molecule has 2 amide bonds. The third kappa shape index (κ3) is 6.93. The third-order valence-electron chi connectivity index (χ3n) is 10.9. The minimum Gasteiger partial charge on any atom is -0.436 e. The van der Waals surface area contributed by atoms with Gasteiger partial charge < -0.3 is 30.2 Å². The number of hydrogen-bond acceptors (Lipinski definition) is 7. The molecule has 5 saturated heterocycles. The normalized spacial score (nSPS) is 24.4. The van der Waals surface area contributed by atoms with Crippen LogP contribution in [-0.2, 0) is 22.1 Å². The number of nitrogens with two attached hydrogens (primary N) is 1. The molecule has 5 aliphatic heterocycles. The van der Waals surface area contributed by atoms with Gasteiger partial charge in [0, 0.05) is 68.8 Å². The van der Waals surface area contributed by atoms with Crippen LogP contribution < -0.4 is 11.4 Å². The number of anilines is 1. The predicted molar refractivity (Wildman–Crippen MR) is 181 cm³/mol. The van der Waals surface area contributed by atoms with E-state index in [2.05, 4.69) is 30.7 Å². The zero-order valence-electron chi connectivity index (χ0n) is 27.1. The average Bonchev–Trinajstić information content (AvgIpc) is 3.44. The molecule has 2 bridgehead atoms. The van der Waals surface area contributed by atoms with Crippen molar-refractivity contribution >= 4 is 44.7 Å². The molecule has 15 heteroatoms. The first-order valence-corrected chi connectivity index (χ1v) is 17.8. The van der Waals surface area contributed by atoms with Crippen LogP contribution in [0.15, 0.2) is 45.7 Å². The van der Waals surface area contributed by atoms with E-state index in [1.165, 1.54) is 23.8 Å². The summed E-state index contributed by atoms with van der Waals surface area (Å²) in [6.45, 7) is 6.17. The topological polar surface area (TPSA) is 120 Å². The minimum absolute atomic E-state index is 0.0515. The summed E-state index contributed by atoms with van der Waals surface area (Å²) in [6, 6.07) is 10.1. The maximum absolute atomic E-state index is 14.0. The van der Waals surface area contributed by atoms with Gasteiger partial charge in [-0.05, 0) is 90.4 Å². The summed E-state index contributed by atoms with van der Waals surface area (Å²) in [4.78, 5) is 51.4. The fraction of sp³-hybridized carbons (Fsp3) is 0.559. The summed E-state index contributed by atoms with van der Waals surface area (Å²) in [5, 5.41) is 0. The number of fused-ring (bicyclic) bond motifs is 4. The summed E-state index contributed by atoms with van der Waals surface area (Å²) in [5.41, 5.74) is 5.76. The van der Waals surface area contributed by atoms with Crippen molar-refractivity contribution in [3.63, 3.8) is 0 Å². The number of aromatic amines is 1. The number of carbonyl (C=O) groups is 2. The highest BCUT2D eigenvalue weighted by molar-refractivity contribution is 9.10. The Morgan fingerprint density at radius 2 is 1.65 bits per heavy atom. The SMILES string of the molecule is Nc1c(Br)cc(C[C@@H](OC(=O)N2CCC(n3c(=O)[nH]c4ccccc43)CC2)C(=O)N2CCN(C3CN4CCC3CC4)CC2)cc1C(F)(F)F. The Morgan fingerprint density at radius 3 is 2.31 bits per heavy atom. The lowest BCUT2D eigenvalue weighted by Crippen LogP contribution is -2.62. The first-order valence-electron chi connectivity index (χ1n) is 17.0. The number of carbonyl (C=O) groups excluding carboxylic acids is 2. The summed E-state index contributed by atoms with van der Waals surface area (Å²) >= 11 is 3.13. The van der Waals surface area contributed by atoms with Crippen molar-refractivity contribution in [2.24, 2.45) is 5.92 Å². The molecule has 3 N–H and O–H groups in total. The van der Waals surface area contributed by atoms with E-state index in [1.54, 1.807) is 9.47 Å². The quantitative estimate of drug-likeness (QED) is 0.361. The number of nitrogens with zero attached hydrogens (tertiary/aromatic N) is 5. The lowest BCUT2D eigenvalue weighted by Gasteiger charge is -2.51. The van der Waals surface area contributed by atoms with E-state index in [9.17, 15) is 27.6 Å². The van der Waals surface area contributed by atoms with Gasteiger partial charge >= 0.3 is 18.0 Å². The molecule has 2 atom stereocenters. The molecule has 11 nitrogen and oxygen atoms in total. The monoisotopic (exact) mass is 747 g/mol. The zero-order valence-corrected chi connectivity index (χ0v) is 28.7. The van der Waals surface area contributed by atoms with Gasteiger partial charge in [0.25, 0.3) is 5.91 Å².